The number of anilines is 2. The van der Waals surface area contributed by atoms with Gasteiger partial charge in [-0.1, -0.05) is 49.7 Å². The maximum absolute atomic E-state index is 14.0. The smallest absolute Gasteiger partial charge is 0.383 e. The molecule has 14 heteroatoms. The monoisotopic (exact) mass is 634 g/mol. The van der Waals surface area contributed by atoms with Crippen molar-refractivity contribution >= 4 is 33.9 Å². The lowest BCUT2D eigenvalue weighted by Gasteiger charge is -2.24. The average Bonchev–Trinajstić information content (AvgIpc) is 3.38. The zero-order valence-electron chi connectivity index (χ0n) is 25.0. The molecule has 1 atom stereocenters. The highest BCUT2D eigenvalue weighted by Gasteiger charge is 2.66. The van der Waals surface area contributed by atoms with E-state index in [4.69, 9.17) is 11.6 Å². The van der Waals surface area contributed by atoms with Crippen LogP contribution in [0.3, 0.4) is 0 Å². The Balaban J connectivity index is 1.48. The molecule has 3 aromatic heterocycles. The third kappa shape index (κ3) is 5.66. The lowest BCUT2D eigenvalue weighted by molar-refractivity contribution is -0.182. The predicted octanol–water partition coefficient (Wildman–Crippen LogP) is 6.95. The Hall–Kier alpha value is -4.70. The van der Waals surface area contributed by atoms with Crippen LogP contribution in [-0.4, -0.2) is 47.5 Å². The molecular weight excluding hydrogens is 605 g/mol. The number of benzene rings is 2. The van der Waals surface area contributed by atoms with Gasteiger partial charge in [-0.2, -0.15) is 18.4 Å². The molecule has 0 saturated heterocycles. The second-order valence-electron chi connectivity index (χ2n) is 12.5. The van der Waals surface area contributed by atoms with Crippen molar-refractivity contribution in [1.29, 1.82) is 5.26 Å². The summed E-state index contributed by atoms with van der Waals surface area (Å²) in [5.41, 5.74) is 2.53. The van der Waals surface area contributed by atoms with E-state index in [-0.39, 0.29) is 18.3 Å². The fourth-order valence-electron chi connectivity index (χ4n) is 5.39. The van der Waals surface area contributed by atoms with Crippen LogP contribution in [0, 0.1) is 23.7 Å². The molecule has 0 radical (unpaired) electrons. The van der Waals surface area contributed by atoms with Crippen LogP contribution in [0.15, 0.2) is 55.4 Å². The molecule has 1 saturated carbocycles. The Labute approximate surface area is 262 Å². The maximum atomic E-state index is 14.0. The van der Waals surface area contributed by atoms with Crippen LogP contribution in [0.25, 0.3) is 16.6 Å². The zero-order chi connectivity index (χ0) is 32.1. The summed E-state index contributed by atoms with van der Waals surface area (Å²) in [6.07, 6.45) is 1.41. The minimum atomic E-state index is -4.46. The van der Waals surface area contributed by atoms with E-state index in [0.29, 0.717) is 45.1 Å². The SMILES string of the molecule is Cc1c([C@H](Nc2cc(Cl)c3ncc(C#N)c(NCC(C)(C)C)c3c2)c2cn(C3(C(F)(F)F)CC3)nn2)cccc1-n1cnnc1. The van der Waals surface area contributed by atoms with Crippen LogP contribution >= 0.6 is 11.6 Å². The Kier molecular flexibility index (Phi) is 7.43. The van der Waals surface area contributed by atoms with Crippen molar-refractivity contribution in [3.05, 3.63) is 82.8 Å². The lowest BCUT2D eigenvalue weighted by Crippen LogP contribution is -2.35. The van der Waals surface area contributed by atoms with Gasteiger partial charge in [0.2, 0.25) is 0 Å². The van der Waals surface area contributed by atoms with Gasteiger partial charge in [0, 0.05) is 23.8 Å². The second kappa shape index (κ2) is 11.0. The highest BCUT2D eigenvalue weighted by Crippen LogP contribution is 2.55. The molecule has 3 heterocycles. The fraction of sp³-hybridized carbons (Fsp3) is 0.355. The first-order valence-electron chi connectivity index (χ1n) is 14.3. The quantitative estimate of drug-likeness (QED) is 0.188. The Morgan fingerprint density at radius 2 is 1.87 bits per heavy atom. The Bertz CT molecular complexity index is 1920. The molecule has 0 unspecified atom stereocenters. The Morgan fingerprint density at radius 1 is 1.13 bits per heavy atom. The summed E-state index contributed by atoms with van der Waals surface area (Å²) < 4.78 is 44.7. The number of pyridine rings is 1. The summed E-state index contributed by atoms with van der Waals surface area (Å²) in [4.78, 5) is 4.44. The van der Waals surface area contributed by atoms with Gasteiger partial charge in [-0.25, -0.2) is 4.68 Å². The van der Waals surface area contributed by atoms with Gasteiger partial charge in [-0.15, -0.1) is 15.3 Å². The number of aromatic nitrogens is 7. The topological polar surface area (TPSA) is 122 Å². The molecule has 232 valence electrons. The third-order valence-corrected chi connectivity index (χ3v) is 8.29. The summed E-state index contributed by atoms with van der Waals surface area (Å²) in [5, 5.41) is 33.7. The number of hydrogen-bond acceptors (Lipinski definition) is 8. The molecule has 0 aliphatic heterocycles. The first-order chi connectivity index (χ1) is 21.3. The maximum Gasteiger partial charge on any atom is 0.413 e. The van der Waals surface area contributed by atoms with Crippen LogP contribution < -0.4 is 10.6 Å². The molecule has 0 bridgehead atoms. The Morgan fingerprint density at radius 3 is 2.51 bits per heavy atom. The highest BCUT2D eigenvalue weighted by atomic mass is 35.5. The van der Waals surface area contributed by atoms with E-state index < -0.39 is 17.8 Å². The summed E-state index contributed by atoms with van der Waals surface area (Å²) in [5.74, 6) is 0. The van der Waals surface area contributed by atoms with Gasteiger partial charge in [0.15, 0.2) is 5.54 Å². The number of nitrogens with zero attached hydrogens (tertiary/aromatic N) is 8. The molecule has 0 amide bonds. The molecule has 1 aliphatic rings. The van der Waals surface area contributed by atoms with Crippen molar-refractivity contribution in [3.63, 3.8) is 0 Å². The van der Waals surface area contributed by atoms with E-state index in [2.05, 4.69) is 63.0 Å². The molecule has 10 nitrogen and oxygen atoms in total. The molecule has 1 fully saturated rings. The first-order valence-corrected chi connectivity index (χ1v) is 14.7. The molecule has 1 aliphatic carbocycles. The number of nitriles is 1. The van der Waals surface area contributed by atoms with Crippen LogP contribution in [0.4, 0.5) is 24.5 Å². The van der Waals surface area contributed by atoms with E-state index in [9.17, 15) is 18.4 Å². The van der Waals surface area contributed by atoms with E-state index >= 15 is 0 Å². The van der Waals surface area contributed by atoms with Gasteiger partial charge in [0.25, 0.3) is 0 Å². The van der Waals surface area contributed by atoms with E-state index in [0.717, 1.165) is 21.5 Å². The molecule has 2 N–H and O–H groups in total. The minimum absolute atomic E-state index is 0.0572. The number of alkyl halides is 3. The molecule has 0 spiro atoms. The predicted molar refractivity (Wildman–Crippen MR) is 164 cm³/mol. The highest BCUT2D eigenvalue weighted by molar-refractivity contribution is 6.35. The van der Waals surface area contributed by atoms with Crippen molar-refractivity contribution in [3.8, 4) is 11.8 Å². The van der Waals surface area contributed by atoms with Crippen LogP contribution in [0.1, 0.15) is 62.0 Å². The molecule has 5 aromatic rings. The van der Waals surface area contributed by atoms with Gasteiger partial charge in [0.1, 0.15) is 24.4 Å². The van der Waals surface area contributed by atoms with Crippen molar-refractivity contribution < 1.29 is 13.2 Å². The van der Waals surface area contributed by atoms with Crippen LogP contribution in [0.2, 0.25) is 5.02 Å². The number of fused-ring (bicyclic) bond motifs is 1. The van der Waals surface area contributed by atoms with Gasteiger partial charge in [-0.3, -0.25) is 9.55 Å². The van der Waals surface area contributed by atoms with Crippen LogP contribution in [0.5, 0.6) is 0 Å². The fourth-order valence-corrected chi connectivity index (χ4v) is 5.65. The standard InChI is InChI=1S/C31H30ClF3N10/c1-18-21(6-5-7-25(18)44-16-39-40-17-44)28(24-14-45(43-42-24)30(8-9-30)31(33,34)35)41-20-10-22-26(38-15-29(2,3)4)19(12-36)13-37-27(22)23(32)11-20/h5-7,10-11,13-14,16-17,28,41H,8-9,15H2,1-4H3,(H,37,38)/t28-/m0/s1. The van der Waals surface area contributed by atoms with Crippen molar-refractivity contribution in [2.45, 2.75) is 58.3 Å². The molecule has 6 rings (SSSR count). The van der Waals surface area contributed by atoms with Gasteiger partial charge >= 0.3 is 6.18 Å². The van der Waals surface area contributed by atoms with E-state index in [1.54, 1.807) is 23.3 Å². The lowest BCUT2D eigenvalue weighted by atomic mass is 9.96. The normalized spacial score (nSPS) is 15.1. The summed E-state index contributed by atoms with van der Waals surface area (Å²) in [7, 11) is 0. The number of halogens is 4. The molecule has 45 heavy (non-hydrogen) atoms. The van der Waals surface area contributed by atoms with Crippen molar-refractivity contribution in [2.24, 2.45) is 5.41 Å². The zero-order valence-corrected chi connectivity index (χ0v) is 25.7. The number of rotatable bonds is 8. The summed E-state index contributed by atoms with van der Waals surface area (Å²) in [6.45, 7) is 8.72. The minimum Gasteiger partial charge on any atom is -0.383 e. The molecular formula is C31H30ClF3N10. The summed E-state index contributed by atoms with van der Waals surface area (Å²) >= 11 is 6.75. The third-order valence-electron chi connectivity index (χ3n) is 8.00. The van der Waals surface area contributed by atoms with E-state index in [1.807, 2.05) is 31.2 Å². The van der Waals surface area contributed by atoms with Gasteiger partial charge in [0.05, 0.1) is 39.7 Å². The van der Waals surface area contributed by atoms with Crippen molar-refractivity contribution in [2.75, 3.05) is 17.2 Å². The van der Waals surface area contributed by atoms with E-state index in [1.165, 1.54) is 12.4 Å². The second-order valence-corrected chi connectivity index (χ2v) is 12.9. The molecule has 2 aromatic carbocycles. The summed E-state index contributed by atoms with van der Waals surface area (Å²) in [6, 6.07) is 10.6. The van der Waals surface area contributed by atoms with Crippen LogP contribution in [-0.2, 0) is 5.54 Å². The average molecular weight is 635 g/mol. The van der Waals surface area contributed by atoms with Gasteiger partial charge < -0.3 is 10.6 Å². The number of nitrogens with one attached hydrogen (secondary N) is 2. The largest absolute Gasteiger partial charge is 0.413 e. The number of hydrogen-bond donors (Lipinski definition) is 2. The van der Waals surface area contributed by atoms with Gasteiger partial charge in [-0.05, 0) is 54.5 Å². The first kappa shape index (κ1) is 30.3. The van der Waals surface area contributed by atoms with Crippen molar-refractivity contribution in [1.82, 2.24) is 34.7 Å².